The van der Waals surface area contributed by atoms with Gasteiger partial charge < -0.3 is 4.74 Å². The Kier molecular flexibility index (Phi) is 5.46. The Morgan fingerprint density at radius 3 is 2.14 bits per heavy atom. The lowest BCUT2D eigenvalue weighted by Crippen LogP contribution is -2.49. The SMILES string of the molecule is C[C@]12CCC(Oc3c(F)c(F)c(C(F)(F)F)c(F)c3F)=CC1=CC[C@@H]1[C@@H]2CC[C@]2(C)C(=O)CC[C@@H]12. The quantitative estimate of drug-likeness (QED) is 0.307. The highest BCUT2D eigenvalue weighted by Crippen LogP contribution is 2.63. The molecule has 0 heterocycles. The number of hydrogen-bond donors (Lipinski definition) is 0. The summed E-state index contributed by atoms with van der Waals surface area (Å²) in [4.78, 5) is 12.5. The predicted octanol–water partition coefficient (Wildman–Crippen LogP) is 7.67. The number of carbonyl (C=O) groups excluding carboxylic acids is 1. The van der Waals surface area contributed by atoms with Gasteiger partial charge in [-0.25, -0.2) is 8.78 Å². The number of Topliss-reactive ketones (excluding diaryl/α,β-unsaturated/α-hetero) is 1. The number of ether oxygens (including phenoxy) is 1. The molecule has 0 spiro atoms. The molecule has 190 valence electrons. The van der Waals surface area contributed by atoms with E-state index in [1.165, 1.54) is 0 Å². The molecule has 4 aliphatic rings. The number of benzene rings is 1. The van der Waals surface area contributed by atoms with E-state index in [1.54, 1.807) is 6.08 Å². The van der Waals surface area contributed by atoms with Crippen LogP contribution in [0.2, 0.25) is 0 Å². The minimum atomic E-state index is -5.61. The molecular weight excluding hydrogens is 477 g/mol. The summed E-state index contributed by atoms with van der Waals surface area (Å²) < 4.78 is 100. The van der Waals surface area contributed by atoms with E-state index in [4.69, 9.17) is 4.74 Å². The minimum absolute atomic E-state index is 0.0280. The van der Waals surface area contributed by atoms with E-state index >= 15 is 0 Å². The van der Waals surface area contributed by atoms with E-state index in [0.717, 1.165) is 31.3 Å². The lowest BCUT2D eigenvalue weighted by Gasteiger charge is -2.55. The summed E-state index contributed by atoms with van der Waals surface area (Å²) >= 11 is 0. The molecule has 0 bridgehead atoms. The number of halogens is 7. The van der Waals surface area contributed by atoms with Gasteiger partial charge >= 0.3 is 6.18 Å². The van der Waals surface area contributed by atoms with Crippen molar-refractivity contribution < 1.29 is 40.3 Å². The number of ketones is 1. The molecule has 4 aliphatic carbocycles. The zero-order chi connectivity index (χ0) is 25.5. The largest absolute Gasteiger partial charge is 0.455 e. The first-order valence-electron chi connectivity index (χ1n) is 11.8. The highest BCUT2D eigenvalue weighted by atomic mass is 19.4. The van der Waals surface area contributed by atoms with Gasteiger partial charge in [-0.2, -0.15) is 22.0 Å². The van der Waals surface area contributed by atoms with E-state index in [1.807, 2.05) is 6.08 Å². The smallest absolute Gasteiger partial charge is 0.422 e. The van der Waals surface area contributed by atoms with Crippen LogP contribution in [0.3, 0.4) is 0 Å². The average molecular weight is 502 g/mol. The molecule has 5 rings (SSSR count). The number of rotatable bonds is 2. The van der Waals surface area contributed by atoms with Gasteiger partial charge in [0.05, 0.1) is 0 Å². The number of hydrogen-bond acceptors (Lipinski definition) is 2. The third kappa shape index (κ3) is 3.47. The Labute approximate surface area is 198 Å². The second-order valence-electron chi connectivity index (χ2n) is 10.8. The van der Waals surface area contributed by atoms with Gasteiger partial charge in [-0.15, -0.1) is 0 Å². The zero-order valence-corrected chi connectivity index (χ0v) is 19.3. The van der Waals surface area contributed by atoms with Gasteiger partial charge in [-0.05, 0) is 66.9 Å². The third-order valence-corrected chi connectivity index (χ3v) is 9.18. The van der Waals surface area contributed by atoms with Crippen LogP contribution in [0.5, 0.6) is 5.75 Å². The van der Waals surface area contributed by atoms with Gasteiger partial charge in [0.2, 0.25) is 17.4 Å². The molecule has 0 aliphatic heterocycles. The molecule has 0 unspecified atom stereocenters. The van der Waals surface area contributed by atoms with Crippen molar-refractivity contribution in [3.63, 3.8) is 0 Å². The van der Waals surface area contributed by atoms with Crippen LogP contribution in [-0.4, -0.2) is 5.78 Å². The first-order chi connectivity index (χ1) is 16.3. The average Bonchev–Trinajstić information content (AvgIpc) is 3.09. The molecule has 2 fully saturated rings. The van der Waals surface area contributed by atoms with Crippen molar-refractivity contribution >= 4 is 5.78 Å². The van der Waals surface area contributed by atoms with Crippen molar-refractivity contribution in [3.05, 3.63) is 52.3 Å². The lowest BCUT2D eigenvalue weighted by atomic mass is 9.49. The first kappa shape index (κ1) is 24.4. The van der Waals surface area contributed by atoms with Crippen molar-refractivity contribution in [1.82, 2.24) is 0 Å². The fourth-order valence-electron chi connectivity index (χ4n) is 7.23. The van der Waals surface area contributed by atoms with Gasteiger partial charge in [0, 0.05) is 18.3 Å². The second kappa shape index (κ2) is 7.84. The topological polar surface area (TPSA) is 26.3 Å². The Morgan fingerprint density at radius 1 is 0.886 bits per heavy atom. The summed E-state index contributed by atoms with van der Waals surface area (Å²) in [7, 11) is 0. The highest BCUT2D eigenvalue weighted by molar-refractivity contribution is 5.87. The van der Waals surface area contributed by atoms with Gasteiger partial charge in [0.15, 0.2) is 11.6 Å². The highest BCUT2D eigenvalue weighted by Gasteiger charge is 2.58. The van der Waals surface area contributed by atoms with Crippen LogP contribution in [0.25, 0.3) is 0 Å². The Hall–Kier alpha value is -2.32. The van der Waals surface area contributed by atoms with E-state index < -0.39 is 40.8 Å². The molecule has 2 nitrogen and oxygen atoms in total. The van der Waals surface area contributed by atoms with Gasteiger partial charge in [-0.1, -0.05) is 19.9 Å². The van der Waals surface area contributed by atoms with Crippen molar-refractivity contribution in [2.75, 3.05) is 0 Å². The molecule has 1 aromatic carbocycles. The number of fused-ring (bicyclic) bond motifs is 5. The number of alkyl halides is 3. The van der Waals surface area contributed by atoms with E-state index in [-0.39, 0.29) is 23.0 Å². The van der Waals surface area contributed by atoms with Crippen LogP contribution >= 0.6 is 0 Å². The van der Waals surface area contributed by atoms with Crippen LogP contribution in [0, 0.1) is 51.9 Å². The number of carbonyl (C=O) groups is 1. The summed E-state index contributed by atoms with van der Waals surface area (Å²) in [6.45, 7) is 4.18. The fraction of sp³-hybridized carbons (Fsp3) is 0.577. The summed E-state index contributed by atoms with van der Waals surface area (Å²) in [5, 5.41) is 0. The molecule has 0 saturated heterocycles. The van der Waals surface area contributed by atoms with Gasteiger partial charge in [-0.3, -0.25) is 4.79 Å². The predicted molar refractivity (Wildman–Crippen MR) is 112 cm³/mol. The summed E-state index contributed by atoms with van der Waals surface area (Å²) in [5.74, 6) is -9.72. The van der Waals surface area contributed by atoms with Crippen LogP contribution in [0.4, 0.5) is 30.7 Å². The van der Waals surface area contributed by atoms with Crippen molar-refractivity contribution in [1.29, 1.82) is 0 Å². The van der Waals surface area contributed by atoms with Crippen molar-refractivity contribution in [2.45, 2.75) is 65.0 Å². The maximum absolute atomic E-state index is 14.3. The molecule has 0 aromatic heterocycles. The van der Waals surface area contributed by atoms with E-state index in [9.17, 15) is 35.5 Å². The second-order valence-corrected chi connectivity index (χ2v) is 10.8. The number of allylic oxidation sites excluding steroid dienone is 4. The monoisotopic (exact) mass is 502 g/mol. The zero-order valence-electron chi connectivity index (χ0n) is 19.3. The van der Waals surface area contributed by atoms with Crippen LogP contribution in [0.15, 0.2) is 23.5 Å². The molecule has 5 atom stereocenters. The Morgan fingerprint density at radius 2 is 1.51 bits per heavy atom. The minimum Gasteiger partial charge on any atom is -0.455 e. The summed E-state index contributed by atoms with van der Waals surface area (Å²) in [6.07, 6.45) is 2.64. The molecule has 35 heavy (non-hydrogen) atoms. The Balaban J connectivity index is 1.46. The first-order valence-corrected chi connectivity index (χ1v) is 11.8. The molecule has 9 heteroatoms. The van der Waals surface area contributed by atoms with E-state index in [0.29, 0.717) is 36.4 Å². The molecule has 0 radical (unpaired) electrons. The standard InChI is InChI=1S/C26H25F7O2/c1-24-9-7-13(35-23-21(29)19(27)18(26(31,32)33)20(28)22(23)30)11-12(24)3-4-14-15-5-6-17(34)25(15,2)10-8-16(14)24/h3,11,14-16H,4-10H2,1-2H3/t14-,15-,16-,24-,25-/m0/s1. The fourth-order valence-corrected chi connectivity index (χ4v) is 7.23. The van der Waals surface area contributed by atoms with Gasteiger partial charge in [0.25, 0.3) is 0 Å². The molecule has 2 saturated carbocycles. The third-order valence-electron chi connectivity index (χ3n) is 9.18. The van der Waals surface area contributed by atoms with Gasteiger partial charge in [0.1, 0.15) is 17.1 Å². The van der Waals surface area contributed by atoms with E-state index in [2.05, 4.69) is 13.8 Å². The maximum atomic E-state index is 14.3. The van der Waals surface area contributed by atoms with Crippen LogP contribution in [-0.2, 0) is 11.0 Å². The van der Waals surface area contributed by atoms with Crippen molar-refractivity contribution in [3.8, 4) is 5.75 Å². The normalized spacial score (nSPS) is 34.5. The van der Waals surface area contributed by atoms with Crippen LogP contribution < -0.4 is 4.74 Å². The maximum Gasteiger partial charge on any atom is 0.422 e. The molecular formula is C26H25F7O2. The molecule has 0 amide bonds. The summed E-state index contributed by atoms with van der Waals surface area (Å²) in [5.41, 5.74) is -2.30. The lowest BCUT2D eigenvalue weighted by molar-refractivity contribution is -0.143. The summed E-state index contributed by atoms with van der Waals surface area (Å²) in [6, 6.07) is 0. The van der Waals surface area contributed by atoms with Crippen molar-refractivity contribution in [2.24, 2.45) is 28.6 Å². The Bertz CT molecular complexity index is 1140. The van der Waals surface area contributed by atoms with Crippen LogP contribution in [0.1, 0.15) is 64.4 Å². The molecule has 1 aromatic rings. The molecule has 0 N–H and O–H groups in total.